The van der Waals surface area contributed by atoms with Gasteiger partial charge in [-0.1, -0.05) is 18.2 Å². The van der Waals surface area contributed by atoms with Gasteiger partial charge >= 0.3 is 0 Å². The zero-order chi connectivity index (χ0) is 13.9. The zero-order valence-electron chi connectivity index (χ0n) is 11.8. The molecule has 1 aliphatic rings. The van der Waals surface area contributed by atoms with Gasteiger partial charge in [-0.15, -0.1) is 0 Å². The second kappa shape index (κ2) is 5.63. The maximum Gasteiger partial charge on any atom is 0.247 e. The van der Waals surface area contributed by atoms with Gasteiger partial charge in [0.05, 0.1) is 0 Å². The molecular weight excluding hydrogens is 248 g/mol. The van der Waals surface area contributed by atoms with Crippen LogP contribution in [0.2, 0.25) is 0 Å². The molecule has 0 radical (unpaired) electrons. The van der Waals surface area contributed by atoms with Crippen LogP contribution in [0.1, 0.15) is 31.4 Å². The minimum absolute atomic E-state index is 0.0599. The van der Waals surface area contributed by atoms with E-state index in [1.807, 2.05) is 6.07 Å². The number of hydrogen-bond acceptors (Lipinski definition) is 2. The number of rotatable bonds is 3. The number of pyridine rings is 1. The molecule has 3 nitrogen and oxygen atoms in total. The Balaban J connectivity index is 1.88. The number of aromatic nitrogens is 1. The summed E-state index contributed by atoms with van der Waals surface area (Å²) in [7, 11) is 0. The molecule has 104 valence electrons. The first-order valence-corrected chi connectivity index (χ1v) is 7.27. The first-order valence-electron chi connectivity index (χ1n) is 7.27. The first kappa shape index (κ1) is 13.1. The van der Waals surface area contributed by atoms with E-state index < -0.39 is 0 Å². The predicted octanol–water partition coefficient (Wildman–Crippen LogP) is 3.20. The van der Waals surface area contributed by atoms with E-state index in [2.05, 4.69) is 41.1 Å². The largest absolute Gasteiger partial charge is 0.328 e. The Bertz CT molecular complexity index is 621. The molecule has 0 spiro atoms. The summed E-state index contributed by atoms with van der Waals surface area (Å²) in [5, 5.41) is 0. The highest BCUT2D eigenvalue weighted by Crippen LogP contribution is 2.27. The zero-order valence-corrected chi connectivity index (χ0v) is 11.8. The van der Waals surface area contributed by atoms with Crippen molar-refractivity contribution in [3.05, 3.63) is 58.5 Å². The summed E-state index contributed by atoms with van der Waals surface area (Å²) in [4.78, 5) is 16.4. The van der Waals surface area contributed by atoms with Crippen LogP contribution in [0.5, 0.6) is 0 Å². The summed E-state index contributed by atoms with van der Waals surface area (Å²) in [5.41, 5.74) is 3.50. The average Bonchev–Trinajstić information content (AvgIpc) is 3.01. The molecule has 0 saturated carbocycles. The van der Waals surface area contributed by atoms with Crippen LogP contribution < -0.4 is 5.56 Å². The summed E-state index contributed by atoms with van der Waals surface area (Å²) < 4.78 is 0. The highest BCUT2D eigenvalue weighted by molar-refractivity contribution is 5.63. The normalized spacial score (nSPS) is 17.2. The highest BCUT2D eigenvalue weighted by atomic mass is 16.1. The third-order valence-electron chi connectivity index (χ3n) is 4.17. The first-order chi connectivity index (χ1) is 9.74. The van der Waals surface area contributed by atoms with Crippen LogP contribution in [0.15, 0.2) is 47.4 Å². The van der Waals surface area contributed by atoms with E-state index in [4.69, 9.17) is 0 Å². The van der Waals surface area contributed by atoms with E-state index in [1.165, 1.54) is 31.5 Å². The van der Waals surface area contributed by atoms with Crippen LogP contribution >= 0.6 is 0 Å². The van der Waals surface area contributed by atoms with Gasteiger partial charge in [-0.3, -0.25) is 9.69 Å². The summed E-state index contributed by atoms with van der Waals surface area (Å²) in [6.07, 6.45) is 4.40. The van der Waals surface area contributed by atoms with Crippen molar-refractivity contribution >= 4 is 0 Å². The number of nitrogens with one attached hydrogen (secondary N) is 1. The monoisotopic (exact) mass is 268 g/mol. The summed E-state index contributed by atoms with van der Waals surface area (Å²) in [6, 6.07) is 12.5. The lowest BCUT2D eigenvalue weighted by atomic mass is 10.0. The smallest absolute Gasteiger partial charge is 0.247 e. The van der Waals surface area contributed by atoms with Gasteiger partial charge in [0, 0.05) is 18.3 Å². The maximum absolute atomic E-state index is 11.1. The summed E-state index contributed by atoms with van der Waals surface area (Å²) >= 11 is 0. The Morgan fingerprint density at radius 2 is 1.90 bits per heavy atom. The molecule has 20 heavy (non-hydrogen) atoms. The van der Waals surface area contributed by atoms with E-state index in [9.17, 15) is 4.79 Å². The van der Waals surface area contributed by atoms with Crippen molar-refractivity contribution in [2.24, 2.45) is 0 Å². The Kier molecular flexibility index (Phi) is 3.70. The van der Waals surface area contributed by atoms with Crippen molar-refractivity contribution in [3.8, 4) is 11.1 Å². The summed E-state index contributed by atoms with van der Waals surface area (Å²) in [6.45, 7) is 4.67. The lowest BCUT2D eigenvalue weighted by molar-refractivity contribution is 0.263. The molecule has 1 unspecified atom stereocenters. The van der Waals surface area contributed by atoms with Crippen LogP contribution in [0, 0.1) is 0 Å². The highest BCUT2D eigenvalue weighted by Gasteiger charge is 2.19. The lowest BCUT2D eigenvalue weighted by Crippen LogP contribution is -2.23. The molecule has 3 rings (SSSR count). The van der Waals surface area contributed by atoms with E-state index in [0.29, 0.717) is 6.04 Å². The van der Waals surface area contributed by atoms with Crippen molar-refractivity contribution in [1.82, 2.24) is 9.88 Å². The molecule has 0 amide bonds. The van der Waals surface area contributed by atoms with Gasteiger partial charge in [-0.05, 0) is 61.7 Å². The Morgan fingerprint density at radius 3 is 2.60 bits per heavy atom. The minimum atomic E-state index is -0.0599. The molecule has 1 N–H and O–H groups in total. The van der Waals surface area contributed by atoms with E-state index in [1.54, 1.807) is 12.3 Å². The molecule has 2 heterocycles. The van der Waals surface area contributed by atoms with Gasteiger partial charge in [0.15, 0.2) is 0 Å². The topological polar surface area (TPSA) is 36.1 Å². The van der Waals surface area contributed by atoms with Crippen LogP contribution in [-0.2, 0) is 0 Å². The fourth-order valence-corrected chi connectivity index (χ4v) is 2.91. The van der Waals surface area contributed by atoms with Crippen LogP contribution in [-0.4, -0.2) is 23.0 Å². The second-order valence-electron chi connectivity index (χ2n) is 5.49. The van der Waals surface area contributed by atoms with Crippen molar-refractivity contribution in [2.45, 2.75) is 25.8 Å². The number of hydrogen-bond donors (Lipinski definition) is 1. The molecule has 0 bridgehead atoms. The van der Waals surface area contributed by atoms with Gasteiger partial charge < -0.3 is 4.98 Å². The van der Waals surface area contributed by atoms with Gasteiger partial charge in [0.25, 0.3) is 0 Å². The van der Waals surface area contributed by atoms with Gasteiger partial charge in [-0.2, -0.15) is 0 Å². The molecule has 1 saturated heterocycles. The average molecular weight is 268 g/mol. The van der Waals surface area contributed by atoms with Crippen molar-refractivity contribution in [2.75, 3.05) is 13.1 Å². The predicted molar refractivity (Wildman–Crippen MR) is 81.7 cm³/mol. The van der Waals surface area contributed by atoms with E-state index in [-0.39, 0.29) is 5.56 Å². The molecule has 1 aromatic carbocycles. The van der Waals surface area contributed by atoms with Gasteiger partial charge in [-0.25, -0.2) is 0 Å². The number of likely N-dealkylation sites (tertiary alicyclic amines) is 1. The Morgan fingerprint density at radius 1 is 1.10 bits per heavy atom. The maximum atomic E-state index is 11.1. The molecule has 3 heteroatoms. The molecule has 0 aliphatic carbocycles. The number of nitrogens with zero attached hydrogens (tertiary/aromatic N) is 1. The lowest BCUT2D eigenvalue weighted by Gasteiger charge is -2.24. The molecule has 1 aromatic heterocycles. The Labute approximate surface area is 119 Å². The van der Waals surface area contributed by atoms with Crippen molar-refractivity contribution in [1.29, 1.82) is 0 Å². The third kappa shape index (κ3) is 2.68. The standard InChI is InChI=1S/C17H20N2O/c1-13(19-9-2-3-10-19)14-5-4-6-15(11-14)16-7-8-17(20)18-12-16/h4-8,11-13H,2-3,9-10H2,1H3,(H,18,20). The number of benzene rings is 1. The van der Waals surface area contributed by atoms with E-state index in [0.717, 1.165) is 11.1 Å². The third-order valence-corrected chi connectivity index (χ3v) is 4.17. The van der Waals surface area contributed by atoms with Gasteiger partial charge in [0.2, 0.25) is 5.56 Å². The summed E-state index contributed by atoms with van der Waals surface area (Å²) in [5.74, 6) is 0. The van der Waals surface area contributed by atoms with Crippen molar-refractivity contribution in [3.63, 3.8) is 0 Å². The second-order valence-corrected chi connectivity index (χ2v) is 5.49. The molecule has 2 aromatic rings. The molecule has 1 atom stereocenters. The fraction of sp³-hybridized carbons (Fsp3) is 0.353. The van der Waals surface area contributed by atoms with Crippen LogP contribution in [0.4, 0.5) is 0 Å². The Hall–Kier alpha value is -1.87. The fourth-order valence-electron chi connectivity index (χ4n) is 2.91. The van der Waals surface area contributed by atoms with Crippen LogP contribution in [0.3, 0.4) is 0 Å². The molecule has 1 fully saturated rings. The van der Waals surface area contributed by atoms with Gasteiger partial charge in [0.1, 0.15) is 0 Å². The quantitative estimate of drug-likeness (QED) is 0.928. The number of H-pyrrole nitrogens is 1. The van der Waals surface area contributed by atoms with Crippen LogP contribution in [0.25, 0.3) is 11.1 Å². The minimum Gasteiger partial charge on any atom is -0.328 e. The SMILES string of the molecule is CC(c1cccc(-c2ccc(=O)[nH]c2)c1)N1CCCC1. The number of aromatic amines is 1. The molecular formula is C17H20N2O. The molecule has 1 aliphatic heterocycles. The van der Waals surface area contributed by atoms with E-state index >= 15 is 0 Å². The van der Waals surface area contributed by atoms with Crippen molar-refractivity contribution < 1.29 is 0 Å².